The quantitative estimate of drug-likeness (QED) is 0.891. The van der Waals surface area contributed by atoms with Crippen molar-refractivity contribution in [3.63, 3.8) is 0 Å². The van der Waals surface area contributed by atoms with Crippen LogP contribution in [0.25, 0.3) is 0 Å². The molecule has 0 aromatic heterocycles. The summed E-state index contributed by atoms with van der Waals surface area (Å²) in [6.07, 6.45) is 3.78. The van der Waals surface area contributed by atoms with E-state index < -0.39 is 0 Å². The smallest absolute Gasteiger partial charge is 0.101 e. The van der Waals surface area contributed by atoms with Gasteiger partial charge in [-0.1, -0.05) is 29.3 Å². The molecule has 1 aromatic carbocycles. The van der Waals surface area contributed by atoms with Gasteiger partial charge in [-0.05, 0) is 36.8 Å². The second-order valence-electron chi connectivity index (χ2n) is 4.48. The first-order valence-corrected chi connectivity index (χ1v) is 8.16. The van der Waals surface area contributed by atoms with Gasteiger partial charge in [-0.3, -0.25) is 0 Å². The van der Waals surface area contributed by atoms with Gasteiger partial charge in [-0.2, -0.15) is 17.0 Å². The molecule has 0 heterocycles. The number of nitriles is 1. The zero-order chi connectivity index (χ0) is 13.0. The number of nitrogens with one attached hydrogen (secondary N) is 1. The average molecular weight is 325 g/mol. The fraction of sp³-hybridized carbons (Fsp3) is 0.500. The summed E-state index contributed by atoms with van der Waals surface area (Å²) in [6, 6.07) is 8.62. The highest BCUT2D eigenvalue weighted by Gasteiger charge is 2.27. The second-order valence-corrected chi connectivity index (χ2v) is 6.91. The minimum absolute atomic E-state index is 0.503. The number of nitrogens with zero attached hydrogens (tertiary/aromatic N) is 1. The topological polar surface area (TPSA) is 35.8 Å². The summed E-state index contributed by atoms with van der Waals surface area (Å²) < 4.78 is 0.954. The standard InChI is InChI=1S/C14H17BrN2S/c1-2-18-14-5-3-4-13(14)17-12-7-6-11(15)8-10(12)9-16/h6-8,13-14,17H,2-5H2,1H3. The Morgan fingerprint density at radius 3 is 3.06 bits per heavy atom. The SMILES string of the molecule is CCSC1CCCC1Nc1ccc(Br)cc1C#N. The molecule has 2 nitrogen and oxygen atoms in total. The zero-order valence-corrected chi connectivity index (χ0v) is 12.9. The van der Waals surface area contributed by atoms with E-state index in [9.17, 15) is 5.26 Å². The molecule has 2 atom stereocenters. The van der Waals surface area contributed by atoms with Gasteiger partial charge in [0.25, 0.3) is 0 Å². The van der Waals surface area contributed by atoms with Gasteiger partial charge in [0.1, 0.15) is 6.07 Å². The van der Waals surface area contributed by atoms with Crippen LogP contribution in [0.2, 0.25) is 0 Å². The highest BCUT2D eigenvalue weighted by atomic mass is 79.9. The van der Waals surface area contributed by atoms with Crippen LogP contribution in [0.4, 0.5) is 5.69 Å². The molecule has 0 spiro atoms. The van der Waals surface area contributed by atoms with E-state index in [0.717, 1.165) is 21.5 Å². The Kier molecular flexibility index (Phi) is 4.96. The first-order chi connectivity index (χ1) is 8.74. The monoisotopic (exact) mass is 324 g/mol. The Bertz CT molecular complexity index is 456. The van der Waals surface area contributed by atoms with Crippen molar-refractivity contribution in [2.75, 3.05) is 11.1 Å². The lowest BCUT2D eigenvalue weighted by Crippen LogP contribution is -2.26. The van der Waals surface area contributed by atoms with Crippen LogP contribution in [0.1, 0.15) is 31.7 Å². The Balaban J connectivity index is 2.11. The molecule has 1 aromatic rings. The summed E-state index contributed by atoms with van der Waals surface area (Å²) in [5.74, 6) is 1.16. The highest BCUT2D eigenvalue weighted by molar-refractivity contribution is 9.10. The molecule has 1 N–H and O–H groups in total. The van der Waals surface area contributed by atoms with Crippen LogP contribution in [0.3, 0.4) is 0 Å². The largest absolute Gasteiger partial charge is 0.380 e. The molecule has 0 saturated heterocycles. The third-order valence-electron chi connectivity index (χ3n) is 3.28. The predicted octanol–water partition coefficient (Wildman–Crippen LogP) is 4.41. The van der Waals surface area contributed by atoms with Crippen molar-refractivity contribution in [2.24, 2.45) is 0 Å². The molecule has 2 unspecified atom stereocenters. The number of hydrogen-bond acceptors (Lipinski definition) is 3. The van der Waals surface area contributed by atoms with Crippen LogP contribution in [-0.2, 0) is 0 Å². The fourth-order valence-electron chi connectivity index (χ4n) is 2.44. The first-order valence-electron chi connectivity index (χ1n) is 6.32. The third kappa shape index (κ3) is 3.21. The van der Waals surface area contributed by atoms with Gasteiger partial charge in [-0.15, -0.1) is 0 Å². The van der Waals surface area contributed by atoms with Gasteiger partial charge in [0.05, 0.1) is 11.3 Å². The van der Waals surface area contributed by atoms with Crippen LogP contribution in [0.5, 0.6) is 0 Å². The summed E-state index contributed by atoms with van der Waals surface area (Å²) in [4.78, 5) is 0. The number of hydrogen-bond donors (Lipinski definition) is 1. The number of thioether (sulfide) groups is 1. The summed E-state index contributed by atoms with van der Waals surface area (Å²) in [5, 5.41) is 13.4. The number of rotatable bonds is 4. The fourth-order valence-corrected chi connectivity index (χ4v) is 4.00. The molecule has 4 heteroatoms. The van der Waals surface area contributed by atoms with Crippen molar-refractivity contribution in [2.45, 2.75) is 37.5 Å². The molecule has 0 amide bonds. The van der Waals surface area contributed by atoms with Gasteiger partial charge in [0, 0.05) is 15.8 Å². The van der Waals surface area contributed by atoms with Crippen molar-refractivity contribution in [3.05, 3.63) is 28.2 Å². The maximum Gasteiger partial charge on any atom is 0.101 e. The van der Waals surface area contributed by atoms with Gasteiger partial charge < -0.3 is 5.32 Å². The molecule has 96 valence electrons. The van der Waals surface area contributed by atoms with Crippen LogP contribution < -0.4 is 5.32 Å². The van der Waals surface area contributed by atoms with Crippen molar-refractivity contribution in [3.8, 4) is 6.07 Å². The summed E-state index contributed by atoms with van der Waals surface area (Å²) >= 11 is 5.43. The number of halogens is 1. The molecular weight excluding hydrogens is 308 g/mol. The van der Waals surface area contributed by atoms with Crippen LogP contribution in [0, 0.1) is 11.3 Å². The molecule has 1 saturated carbocycles. The van der Waals surface area contributed by atoms with Crippen molar-refractivity contribution >= 4 is 33.4 Å². The van der Waals surface area contributed by atoms with E-state index in [1.54, 1.807) is 0 Å². The van der Waals surface area contributed by atoms with Crippen molar-refractivity contribution in [1.29, 1.82) is 5.26 Å². The van der Waals surface area contributed by atoms with E-state index in [0.29, 0.717) is 11.3 Å². The van der Waals surface area contributed by atoms with Gasteiger partial charge >= 0.3 is 0 Å². The van der Waals surface area contributed by atoms with E-state index >= 15 is 0 Å². The Morgan fingerprint density at radius 2 is 2.33 bits per heavy atom. The van der Waals surface area contributed by atoms with Crippen LogP contribution in [-0.4, -0.2) is 17.0 Å². The maximum absolute atomic E-state index is 9.17. The van der Waals surface area contributed by atoms with Crippen LogP contribution >= 0.6 is 27.7 Å². The van der Waals surface area contributed by atoms with Crippen LogP contribution in [0.15, 0.2) is 22.7 Å². The average Bonchev–Trinajstić information content (AvgIpc) is 2.79. The molecule has 1 fully saturated rings. The first kappa shape index (κ1) is 13.8. The lowest BCUT2D eigenvalue weighted by atomic mass is 10.1. The Morgan fingerprint density at radius 1 is 1.50 bits per heavy atom. The number of anilines is 1. The number of benzene rings is 1. The molecule has 0 aliphatic heterocycles. The minimum Gasteiger partial charge on any atom is -0.380 e. The Labute approximate surface area is 121 Å². The highest BCUT2D eigenvalue weighted by Crippen LogP contribution is 2.33. The van der Waals surface area contributed by atoms with Gasteiger partial charge in [0.2, 0.25) is 0 Å². The zero-order valence-electron chi connectivity index (χ0n) is 10.4. The molecule has 0 radical (unpaired) electrons. The third-order valence-corrected chi connectivity index (χ3v) is 5.10. The molecule has 2 rings (SSSR count). The van der Waals surface area contributed by atoms with Gasteiger partial charge in [-0.25, -0.2) is 0 Å². The van der Waals surface area contributed by atoms with Crippen molar-refractivity contribution < 1.29 is 0 Å². The summed E-state index contributed by atoms with van der Waals surface area (Å²) in [5.41, 5.74) is 1.69. The van der Waals surface area contributed by atoms with E-state index in [-0.39, 0.29) is 0 Å². The van der Waals surface area contributed by atoms with Gasteiger partial charge in [0.15, 0.2) is 0 Å². The normalized spacial score (nSPS) is 22.7. The molecule has 0 bridgehead atoms. The Hall–Kier alpha value is -0.660. The lowest BCUT2D eigenvalue weighted by molar-refractivity contribution is 0.767. The van der Waals surface area contributed by atoms with E-state index in [1.807, 2.05) is 30.0 Å². The molecule has 1 aliphatic rings. The van der Waals surface area contributed by atoms with E-state index in [4.69, 9.17) is 0 Å². The minimum atomic E-state index is 0.503. The van der Waals surface area contributed by atoms with Crippen molar-refractivity contribution in [1.82, 2.24) is 0 Å². The molecule has 1 aliphatic carbocycles. The lowest BCUT2D eigenvalue weighted by Gasteiger charge is -2.22. The van der Waals surface area contributed by atoms with E-state index in [2.05, 4.69) is 34.2 Å². The maximum atomic E-state index is 9.17. The second kappa shape index (κ2) is 6.49. The predicted molar refractivity (Wildman–Crippen MR) is 82.0 cm³/mol. The molecular formula is C14H17BrN2S. The molecule has 18 heavy (non-hydrogen) atoms. The van der Waals surface area contributed by atoms with E-state index in [1.165, 1.54) is 19.3 Å². The summed E-state index contributed by atoms with van der Waals surface area (Å²) in [6.45, 7) is 2.21. The summed E-state index contributed by atoms with van der Waals surface area (Å²) in [7, 11) is 0.